The lowest BCUT2D eigenvalue weighted by molar-refractivity contribution is -0.147. The summed E-state index contributed by atoms with van der Waals surface area (Å²) in [5.41, 5.74) is 4.56. The Morgan fingerprint density at radius 1 is 1.21 bits per heavy atom. The molecule has 0 aliphatic rings. The molecule has 0 bridgehead atoms. The van der Waals surface area contributed by atoms with Crippen LogP contribution < -0.4 is 11.1 Å². The van der Waals surface area contributed by atoms with Crippen LogP contribution in [0.1, 0.15) is 48.0 Å². The van der Waals surface area contributed by atoms with Crippen LogP contribution in [0.4, 0.5) is 0 Å². The van der Waals surface area contributed by atoms with Gasteiger partial charge in [0, 0.05) is 5.54 Å². The third-order valence-corrected chi connectivity index (χ3v) is 3.68. The number of rotatable bonds is 6. The number of carbonyl (C=O) groups excluding carboxylic acids is 2. The summed E-state index contributed by atoms with van der Waals surface area (Å²) < 4.78 is 4.73. The maximum atomic E-state index is 12.3. The third-order valence-electron chi connectivity index (χ3n) is 3.68. The summed E-state index contributed by atoms with van der Waals surface area (Å²) in [4.78, 5) is 24.0. The molecule has 19 heavy (non-hydrogen) atoms. The first kappa shape index (κ1) is 17.9. The van der Waals surface area contributed by atoms with Crippen molar-refractivity contribution in [1.82, 2.24) is 5.32 Å². The van der Waals surface area contributed by atoms with E-state index in [1.165, 1.54) is 7.11 Å². The fraction of sp³-hybridized carbons (Fsp3) is 0.857. The van der Waals surface area contributed by atoms with E-state index in [0.29, 0.717) is 6.42 Å². The molecule has 5 heteroatoms. The van der Waals surface area contributed by atoms with Gasteiger partial charge in [-0.15, -0.1) is 0 Å². The second kappa shape index (κ2) is 6.37. The van der Waals surface area contributed by atoms with E-state index in [0.717, 1.165) is 0 Å². The lowest BCUT2D eigenvalue weighted by Gasteiger charge is -2.37. The van der Waals surface area contributed by atoms with Gasteiger partial charge in [-0.2, -0.15) is 0 Å². The summed E-state index contributed by atoms with van der Waals surface area (Å²) in [6.07, 6.45) is 0.541. The van der Waals surface area contributed by atoms with E-state index < -0.39 is 23.0 Å². The van der Waals surface area contributed by atoms with E-state index in [4.69, 9.17) is 10.5 Å². The number of nitrogens with one attached hydrogen (secondary N) is 1. The number of nitrogens with two attached hydrogens (primary N) is 1. The van der Waals surface area contributed by atoms with Crippen LogP contribution in [0.3, 0.4) is 0 Å². The molecule has 0 aromatic rings. The molecule has 0 saturated carbocycles. The molecule has 1 amide bonds. The molecule has 0 heterocycles. The standard InChI is InChI=1S/C14H28N2O3/c1-9(2)8-10(11(17)19-7)16-12(18)13(3,4)14(5,6)15/h9-10H,8,15H2,1-7H3,(H,16,18). The van der Waals surface area contributed by atoms with E-state index in [9.17, 15) is 9.59 Å². The highest BCUT2D eigenvalue weighted by atomic mass is 16.5. The zero-order chi connectivity index (χ0) is 15.4. The van der Waals surface area contributed by atoms with E-state index in [1.54, 1.807) is 27.7 Å². The zero-order valence-corrected chi connectivity index (χ0v) is 13.2. The fourth-order valence-corrected chi connectivity index (χ4v) is 1.46. The van der Waals surface area contributed by atoms with Crippen LogP contribution >= 0.6 is 0 Å². The van der Waals surface area contributed by atoms with Gasteiger partial charge in [-0.05, 0) is 40.0 Å². The van der Waals surface area contributed by atoms with Crippen LogP contribution in [0, 0.1) is 11.3 Å². The zero-order valence-electron chi connectivity index (χ0n) is 13.2. The summed E-state index contributed by atoms with van der Waals surface area (Å²) in [6, 6.07) is -0.626. The second-order valence-electron chi connectivity index (χ2n) is 6.53. The molecule has 0 saturated heterocycles. The Labute approximate surface area is 116 Å². The number of carbonyl (C=O) groups is 2. The number of amides is 1. The van der Waals surface area contributed by atoms with Crippen molar-refractivity contribution in [2.24, 2.45) is 17.1 Å². The van der Waals surface area contributed by atoms with Crippen LogP contribution in [-0.4, -0.2) is 30.6 Å². The quantitative estimate of drug-likeness (QED) is 0.717. The molecule has 0 aliphatic carbocycles. The Hall–Kier alpha value is -1.10. The van der Waals surface area contributed by atoms with Gasteiger partial charge in [0.1, 0.15) is 6.04 Å². The Kier molecular flexibility index (Phi) is 6.00. The van der Waals surface area contributed by atoms with Gasteiger partial charge < -0.3 is 15.8 Å². The number of ether oxygens (including phenoxy) is 1. The lowest BCUT2D eigenvalue weighted by Crippen LogP contribution is -2.58. The average Bonchev–Trinajstić information content (AvgIpc) is 2.24. The predicted octanol–water partition coefficient (Wildman–Crippen LogP) is 1.45. The van der Waals surface area contributed by atoms with E-state index in [-0.39, 0.29) is 11.8 Å². The fourth-order valence-electron chi connectivity index (χ4n) is 1.46. The van der Waals surface area contributed by atoms with Gasteiger partial charge in [0.05, 0.1) is 12.5 Å². The first-order chi connectivity index (χ1) is 8.43. The highest BCUT2D eigenvalue weighted by Crippen LogP contribution is 2.28. The Morgan fingerprint density at radius 3 is 2.00 bits per heavy atom. The van der Waals surface area contributed by atoms with E-state index in [2.05, 4.69) is 5.32 Å². The molecule has 0 fully saturated rings. The molecular formula is C14H28N2O3. The molecule has 0 radical (unpaired) electrons. The van der Waals surface area contributed by atoms with Crippen molar-refractivity contribution in [2.75, 3.05) is 7.11 Å². The van der Waals surface area contributed by atoms with Crippen molar-refractivity contribution in [3.8, 4) is 0 Å². The molecule has 3 N–H and O–H groups in total. The maximum absolute atomic E-state index is 12.3. The minimum Gasteiger partial charge on any atom is -0.467 e. The first-order valence-corrected chi connectivity index (χ1v) is 6.61. The van der Waals surface area contributed by atoms with Crippen molar-refractivity contribution in [3.63, 3.8) is 0 Å². The SMILES string of the molecule is COC(=O)C(CC(C)C)NC(=O)C(C)(C)C(C)(C)N. The van der Waals surface area contributed by atoms with Crippen LogP contribution in [0.5, 0.6) is 0 Å². The smallest absolute Gasteiger partial charge is 0.328 e. The number of esters is 1. The number of hydrogen-bond acceptors (Lipinski definition) is 4. The summed E-state index contributed by atoms with van der Waals surface area (Å²) >= 11 is 0. The van der Waals surface area contributed by atoms with Crippen molar-refractivity contribution >= 4 is 11.9 Å². The largest absolute Gasteiger partial charge is 0.467 e. The minimum absolute atomic E-state index is 0.240. The van der Waals surface area contributed by atoms with Crippen molar-refractivity contribution in [3.05, 3.63) is 0 Å². The van der Waals surface area contributed by atoms with Crippen LogP contribution in [-0.2, 0) is 14.3 Å². The Bertz CT molecular complexity index is 330. The molecule has 0 spiro atoms. The van der Waals surface area contributed by atoms with Crippen molar-refractivity contribution in [2.45, 2.75) is 59.5 Å². The summed E-state index contributed by atoms with van der Waals surface area (Å²) in [5, 5.41) is 2.75. The van der Waals surface area contributed by atoms with E-state index >= 15 is 0 Å². The van der Waals surface area contributed by atoms with E-state index in [1.807, 2.05) is 13.8 Å². The Balaban J connectivity index is 4.96. The summed E-state index contributed by atoms with van der Waals surface area (Å²) in [5.74, 6) is -0.387. The lowest BCUT2D eigenvalue weighted by atomic mass is 9.74. The molecule has 0 aromatic heterocycles. The molecular weight excluding hydrogens is 244 g/mol. The summed E-state index contributed by atoms with van der Waals surface area (Å²) in [6.45, 7) is 11.1. The highest BCUT2D eigenvalue weighted by Gasteiger charge is 2.41. The van der Waals surface area contributed by atoms with Gasteiger partial charge in [0.15, 0.2) is 0 Å². The molecule has 0 rings (SSSR count). The molecule has 1 atom stereocenters. The summed E-state index contributed by atoms with van der Waals surface area (Å²) in [7, 11) is 1.32. The normalized spacial score (nSPS) is 14.2. The molecule has 5 nitrogen and oxygen atoms in total. The van der Waals surface area contributed by atoms with Crippen molar-refractivity contribution in [1.29, 1.82) is 0 Å². The van der Waals surface area contributed by atoms with Gasteiger partial charge >= 0.3 is 5.97 Å². The topological polar surface area (TPSA) is 81.4 Å². The molecule has 0 aromatic carbocycles. The van der Waals surface area contributed by atoms with Gasteiger partial charge in [0.25, 0.3) is 0 Å². The predicted molar refractivity (Wildman–Crippen MR) is 75.4 cm³/mol. The van der Waals surface area contributed by atoms with Crippen molar-refractivity contribution < 1.29 is 14.3 Å². The second-order valence-corrected chi connectivity index (χ2v) is 6.53. The number of hydrogen-bond donors (Lipinski definition) is 2. The van der Waals surface area contributed by atoms with Crippen LogP contribution in [0.2, 0.25) is 0 Å². The first-order valence-electron chi connectivity index (χ1n) is 6.61. The molecule has 1 unspecified atom stereocenters. The molecule has 0 aliphatic heterocycles. The van der Waals surface area contributed by atoms with Crippen LogP contribution in [0.15, 0.2) is 0 Å². The maximum Gasteiger partial charge on any atom is 0.328 e. The minimum atomic E-state index is -0.781. The highest BCUT2D eigenvalue weighted by molar-refractivity contribution is 5.88. The molecule has 112 valence electrons. The number of methoxy groups -OCH3 is 1. The van der Waals surface area contributed by atoms with Crippen LogP contribution in [0.25, 0.3) is 0 Å². The Morgan fingerprint density at radius 2 is 1.68 bits per heavy atom. The van der Waals surface area contributed by atoms with Gasteiger partial charge in [-0.25, -0.2) is 4.79 Å². The third kappa shape index (κ3) is 4.82. The van der Waals surface area contributed by atoms with Gasteiger partial charge in [-0.3, -0.25) is 4.79 Å². The van der Waals surface area contributed by atoms with Gasteiger partial charge in [-0.1, -0.05) is 13.8 Å². The monoisotopic (exact) mass is 272 g/mol. The van der Waals surface area contributed by atoms with Gasteiger partial charge in [0.2, 0.25) is 5.91 Å². The average molecular weight is 272 g/mol.